The molecule has 3 aromatic heterocycles. The molecule has 7 heteroatoms. The van der Waals surface area contributed by atoms with Crippen molar-refractivity contribution >= 4 is 11.3 Å². The standard InChI is InChI=1S/C18H21N5OS/c1-4-15(12-19-6-1)18-21-20-17(24-18)14-23-8-3-7-22(9-10-23)13-16-5-2-11-25-16/h1-2,4-6,11-12H,3,7-10,13-14H2. The van der Waals surface area contributed by atoms with E-state index in [-0.39, 0.29) is 0 Å². The van der Waals surface area contributed by atoms with Crippen molar-refractivity contribution in [1.29, 1.82) is 0 Å². The maximum atomic E-state index is 5.81. The van der Waals surface area contributed by atoms with E-state index in [4.69, 9.17) is 4.42 Å². The molecular weight excluding hydrogens is 334 g/mol. The van der Waals surface area contributed by atoms with Gasteiger partial charge in [0.25, 0.3) is 0 Å². The largest absolute Gasteiger partial charge is 0.419 e. The van der Waals surface area contributed by atoms with E-state index in [2.05, 4.69) is 42.5 Å². The zero-order valence-electron chi connectivity index (χ0n) is 14.0. The fraction of sp³-hybridized carbons (Fsp3) is 0.389. The van der Waals surface area contributed by atoms with Gasteiger partial charge in [0.2, 0.25) is 11.8 Å². The summed E-state index contributed by atoms with van der Waals surface area (Å²) < 4.78 is 5.81. The van der Waals surface area contributed by atoms with Crippen LogP contribution in [0.5, 0.6) is 0 Å². The van der Waals surface area contributed by atoms with Gasteiger partial charge < -0.3 is 4.42 Å². The Labute approximate surface area is 151 Å². The maximum Gasteiger partial charge on any atom is 0.249 e. The third-order valence-electron chi connectivity index (χ3n) is 4.37. The molecule has 0 N–H and O–H groups in total. The lowest BCUT2D eigenvalue weighted by atomic mass is 10.3. The number of rotatable bonds is 5. The van der Waals surface area contributed by atoms with E-state index >= 15 is 0 Å². The second-order valence-corrected chi connectivity index (χ2v) is 7.26. The molecule has 0 aliphatic carbocycles. The van der Waals surface area contributed by atoms with Gasteiger partial charge in [0.05, 0.1) is 12.1 Å². The molecule has 0 aromatic carbocycles. The van der Waals surface area contributed by atoms with Gasteiger partial charge in [-0.15, -0.1) is 21.5 Å². The van der Waals surface area contributed by atoms with Gasteiger partial charge in [0.15, 0.2) is 0 Å². The van der Waals surface area contributed by atoms with E-state index in [0.29, 0.717) is 18.3 Å². The number of nitrogens with zero attached hydrogens (tertiary/aromatic N) is 5. The average Bonchev–Trinajstić information content (AvgIpc) is 3.27. The van der Waals surface area contributed by atoms with Crippen LogP contribution in [0.3, 0.4) is 0 Å². The molecule has 4 rings (SSSR count). The zero-order valence-corrected chi connectivity index (χ0v) is 14.9. The van der Waals surface area contributed by atoms with Gasteiger partial charge in [-0.1, -0.05) is 6.07 Å². The molecule has 1 saturated heterocycles. The van der Waals surface area contributed by atoms with Gasteiger partial charge in [0, 0.05) is 36.9 Å². The molecule has 0 bridgehead atoms. The van der Waals surface area contributed by atoms with E-state index in [1.807, 2.05) is 23.5 Å². The van der Waals surface area contributed by atoms with Crippen molar-refractivity contribution in [3.05, 3.63) is 52.8 Å². The van der Waals surface area contributed by atoms with Crippen LogP contribution in [-0.2, 0) is 13.1 Å². The van der Waals surface area contributed by atoms with Crippen LogP contribution in [0.4, 0.5) is 0 Å². The molecule has 1 aliphatic rings. The van der Waals surface area contributed by atoms with Crippen molar-refractivity contribution in [2.24, 2.45) is 0 Å². The van der Waals surface area contributed by atoms with Crippen LogP contribution in [0.25, 0.3) is 11.5 Å². The quantitative estimate of drug-likeness (QED) is 0.701. The Hall–Kier alpha value is -2.09. The predicted molar refractivity (Wildman–Crippen MR) is 97.0 cm³/mol. The van der Waals surface area contributed by atoms with Gasteiger partial charge >= 0.3 is 0 Å². The molecule has 0 atom stereocenters. The van der Waals surface area contributed by atoms with Crippen molar-refractivity contribution in [3.63, 3.8) is 0 Å². The van der Waals surface area contributed by atoms with E-state index in [9.17, 15) is 0 Å². The van der Waals surface area contributed by atoms with E-state index in [1.165, 1.54) is 4.88 Å². The lowest BCUT2D eigenvalue weighted by molar-refractivity contribution is 0.232. The maximum absolute atomic E-state index is 5.81. The summed E-state index contributed by atoms with van der Waals surface area (Å²) in [6.45, 7) is 6.06. The fourth-order valence-corrected chi connectivity index (χ4v) is 3.82. The minimum atomic E-state index is 0.539. The number of hydrogen-bond acceptors (Lipinski definition) is 7. The highest BCUT2D eigenvalue weighted by atomic mass is 32.1. The van der Waals surface area contributed by atoms with Crippen LogP contribution in [0.15, 0.2) is 46.5 Å². The van der Waals surface area contributed by atoms with Crippen LogP contribution in [0.1, 0.15) is 17.2 Å². The summed E-state index contributed by atoms with van der Waals surface area (Å²) >= 11 is 1.83. The number of hydrogen-bond donors (Lipinski definition) is 0. The van der Waals surface area contributed by atoms with Gasteiger partial charge in [-0.3, -0.25) is 14.8 Å². The minimum Gasteiger partial charge on any atom is -0.419 e. The summed E-state index contributed by atoms with van der Waals surface area (Å²) in [5.41, 5.74) is 0.860. The number of pyridine rings is 1. The first-order chi connectivity index (χ1) is 12.4. The molecule has 0 spiro atoms. The molecule has 3 aromatic rings. The lowest BCUT2D eigenvalue weighted by Gasteiger charge is -2.20. The zero-order chi connectivity index (χ0) is 16.9. The van der Waals surface area contributed by atoms with Gasteiger partial charge in [0.1, 0.15) is 0 Å². The highest BCUT2D eigenvalue weighted by Crippen LogP contribution is 2.18. The first-order valence-electron chi connectivity index (χ1n) is 8.57. The van der Waals surface area contributed by atoms with Crippen molar-refractivity contribution in [2.45, 2.75) is 19.5 Å². The summed E-state index contributed by atoms with van der Waals surface area (Å²) in [6.07, 6.45) is 4.64. The number of thiophene rings is 1. The smallest absolute Gasteiger partial charge is 0.249 e. The van der Waals surface area contributed by atoms with Crippen LogP contribution in [-0.4, -0.2) is 51.2 Å². The first-order valence-corrected chi connectivity index (χ1v) is 9.45. The van der Waals surface area contributed by atoms with Crippen molar-refractivity contribution in [1.82, 2.24) is 25.0 Å². The molecule has 1 aliphatic heterocycles. The fourth-order valence-electron chi connectivity index (χ4n) is 3.08. The molecule has 0 amide bonds. The summed E-state index contributed by atoms with van der Waals surface area (Å²) in [7, 11) is 0. The monoisotopic (exact) mass is 355 g/mol. The predicted octanol–water partition coefficient (Wildman–Crippen LogP) is 2.90. The SMILES string of the molecule is c1cncc(-c2nnc(CN3CCCN(Cc4cccs4)CC3)o2)c1. The van der Waals surface area contributed by atoms with Crippen molar-refractivity contribution < 1.29 is 4.42 Å². The molecule has 0 radical (unpaired) electrons. The molecule has 130 valence electrons. The average molecular weight is 355 g/mol. The van der Waals surface area contributed by atoms with Gasteiger partial charge in [-0.2, -0.15) is 0 Å². The highest BCUT2D eigenvalue weighted by molar-refractivity contribution is 7.09. The van der Waals surface area contributed by atoms with E-state index in [0.717, 1.165) is 44.7 Å². The molecule has 4 heterocycles. The summed E-state index contributed by atoms with van der Waals surface area (Å²) in [4.78, 5) is 10.5. The topological polar surface area (TPSA) is 58.3 Å². The molecule has 0 unspecified atom stereocenters. The Morgan fingerprint density at radius 1 is 1.00 bits per heavy atom. The second-order valence-electron chi connectivity index (χ2n) is 6.23. The first kappa shape index (κ1) is 16.4. The van der Waals surface area contributed by atoms with Crippen molar-refractivity contribution in [3.8, 4) is 11.5 Å². The third-order valence-corrected chi connectivity index (χ3v) is 5.24. The Morgan fingerprint density at radius 3 is 2.64 bits per heavy atom. The second kappa shape index (κ2) is 7.86. The van der Waals surface area contributed by atoms with Crippen LogP contribution < -0.4 is 0 Å². The summed E-state index contributed by atoms with van der Waals surface area (Å²) in [5, 5.41) is 10.5. The highest BCUT2D eigenvalue weighted by Gasteiger charge is 2.18. The van der Waals surface area contributed by atoms with E-state index < -0.39 is 0 Å². The molecule has 25 heavy (non-hydrogen) atoms. The van der Waals surface area contributed by atoms with Crippen molar-refractivity contribution in [2.75, 3.05) is 26.2 Å². The Kier molecular flexibility index (Phi) is 5.15. The molecule has 6 nitrogen and oxygen atoms in total. The summed E-state index contributed by atoms with van der Waals surface area (Å²) in [5.74, 6) is 1.21. The van der Waals surface area contributed by atoms with Gasteiger partial charge in [-0.05, 0) is 43.1 Å². The Morgan fingerprint density at radius 2 is 1.88 bits per heavy atom. The third kappa shape index (κ3) is 4.31. The lowest BCUT2D eigenvalue weighted by Crippen LogP contribution is -2.30. The Bertz CT molecular complexity index is 774. The molecular formula is C18H21N5OS. The van der Waals surface area contributed by atoms with Crippen LogP contribution in [0.2, 0.25) is 0 Å². The number of aromatic nitrogens is 3. The normalized spacial score (nSPS) is 16.8. The van der Waals surface area contributed by atoms with Crippen LogP contribution in [0, 0.1) is 0 Å². The molecule has 1 fully saturated rings. The van der Waals surface area contributed by atoms with E-state index in [1.54, 1.807) is 12.4 Å². The summed E-state index contributed by atoms with van der Waals surface area (Å²) in [6, 6.07) is 8.14. The van der Waals surface area contributed by atoms with Crippen LogP contribution >= 0.6 is 11.3 Å². The minimum absolute atomic E-state index is 0.539. The molecule has 0 saturated carbocycles. The Balaban J connectivity index is 1.33. The van der Waals surface area contributed by atoms with Gasteiger partial charge in [-0.25, -0.2) is 0 Å².